The number of piperidine rings is 1. The van der Waals surface area contributed by atoms with E-state index in [2.05, 4.69) is 58.8 Å². The molecule has 0 spiro atoms. The van der Waals surface area contributed by atoms with Gasteiger partial charge in [0.05, 0.1) is 0 Å². The van der Waals surface area contributed by atoms with Crippen LogP contribution in [0, 0.1) is 11.8 Å². The summed E-state index contributed by atoms with van der Waals surface area (Å²) in [4.78, 5) is 8.73. The minimum absolute atomic E-state index is 0.599. The van der Waals surface area contributed by atoms with Crippen molar-refractivity contribution in [2.45, 2.75) is 40.2 Å². The second kappa shape index (κ2) is 9.93. The Kier molecular flexibility index (Phi) is 7.89. The topological polar surface area (TPSA) is 39.7 Å². The van der Waals surface area contributed by atoms with Crippen LogP contribution in [-0.4, -0.2) is 43.6 Å². The molecule has 1 atom stereocenters. The number of hydrogen-bond acceptors (Lipinski definition) is 3. The van der Waals surface area contributed by atoms with Crippen LogP contribution < -0.4 is 10.6 Å². The zero-order valence-corrected chi connectivity index (χ0v) is 15.7. The van der Waals surface area contributed by atoms with E-state index in [0.29, 0.717) is 11.8 Å². The van der Waals surface area contributed by atoms with Crippen LogP contribution in [0.1, 0.15) is 38.5 Å². The third-order valence-corrected chi connectivity index (χ3v) is 4.94. The first-order valence-corrected chi connectivity index (χ1v) is 9.82. The molecule has 1 aliphatic heterocycles. The number of nitrogens with zero attached hydrogens (tertiary/aromatic N) is 2. The van der Waals surface area contributed by atoms with E-state index in [4.69, 9.17) is 0 Å². The van der Waals surface area contributed by atoms with Crippen molar-refractivity contribution >= 4 is 17.3 Å². The molecule has 1 saturated heterocycles. The van der Waals surface area contributed by atoms with Crippen LogP contribution in [0.15, 0.2) is 22.5 Å². The van der Waals surface area contributed by atoms with Crippen molar-refractivity contribution in [3.05, 3.63) is 22.4 Å². The molecule has 0 amide bonds. The Hall–Kier alpha value is -1.07. The van der Waals surface area contributed by atoms with Gasteiger partial charge in [-0.3, -0.25) is 9.89 Å². The third kappa shape index (κ3) is 6.92. The Balaban J connectivity index is 1.78. The van der Waals surface area contributed by atoms with Gasteiger partial charge in [-0.05, 0) is 49.6 Å². The normalized spacial score (nSPS) is 20.0. The summed E-state index contributed by atoms with van der Waals surface area (Å²) in [7, 11) is 0. The van der Waals surface area contributed by atoms with E-state index in [1.807, 2.05) is 11.3 Å². The fourth-order valence-corrected chi connectivity index (χ4v) is 3.69. The maximum absolute atomic E-state index is 4.66. The molecular formula is C18H32N4S. The Morgan fingerprint density at radius 2 is 2.30 bits per heavy atom. The molecule has 23 heavy (non-hydrogen) atoms. The van der Waals surface area contributed by atoms with Crippen LogP contribution in [0.25, 0.3) is 0 Å². The molecule has 2 N–H and O–H groups in total. The first-order chi connectivity index (χ1) is 11.2. The van der Waals surface area contributed by atoms with E-state index >= 15 is 0 Å². The Bertz CT molecular complexity index is 456. The van der Waals surface area contributed by atoms with E-state index in [-0.39, 0.29) is 0 Å². The fraction of sp³-hybridized carbons (Fsp3) is 0.722. The fourth-order valence-electron chi connectivity index (χ4n) is 2.94. The van der Waals surface area contributed by atoms with Gasteiger partial charge in [0, 0.05) is 37.6 Å². The molecule has 1 unspecified atom stereocenters. The van der Waals surface area contributed by atoms with Gasteiger partial charge in [0.1, 0.15) is 0 Å². The average molecular weight is 337 g/mol. The van der Waals surface area contributed by atoms with Crippen LogP contribution in [0.2, 0.25) is 0 Å². The molecule has 1 fully saturated rings. The highest BCUT2D eigenvalue weighted by Crippen LogP contribution is 2.19. The second-order valence-electron chi connectivity index (χ2n) is 6.82. The highest BCUT2D eigenvalue weighted by molar-refractivity contribution is 7.09. The Morgan fingerprint density at radius 3 is 3.00 bits per heavy atom. The number of rotatable bonds is 7. The number of thiophene rings is 1. The van der Waals surface area contributed by atoms with Gasteiger partial charge in [0.2, 0.25) is 0 Å². The van der Waals surface area contributed by atoms with Gasteiger partial charge in [0.15, 0.2) is 5.96 Å². The number of likely N-dealkylation sites (tertiary alicyclic amines) is 1. The molecule has 5 heteroatoms. The van der Waals surface area contributed by atoms with Crippen molar-refractivity contribution in [2.75, 3.05) is 32.7 Å². The van der Waals surface area contributed by atoms with Crippen molar-refractivity contribution in [1.82, 2.24) is 15.5 Å². The molecule has 2 heterocycles. The molecular weight excluding hydrogens is 304 g/mol. The third-order valence-electron chi connectivity index (χ3n) is 4.08. The van der Waals surface area contributed by atoms with Crippen molar-refractivity contribution in [3.8, 4) is 0 Å². The molecule has 0 radical (unpaired) electrons. The smallest absolute Gasteiger partial charge is 0.191 e. The second-order valence-corrected chi connectivity index (χ2v) is 7.85. The lowest BCUT2D eigenvalue weighted by Gasteiger charge is -2.32. The molecule has 1 aliphatic rings. The quantitative estimate of drug-likeness (QED) is 0.593. The van der Waals surface area contributed by atoms with Gasteiger partial charge in [-0.2, -0.15) is 0 Å². The molecule has 0 aromatic carbocycles. The van der Waals surface area contributed by atoms with Crippen molar-refractivity contribution < 1.29 is 0 Å². The summed E-state index contributed by atoms with van der Waals surface area (Å²) in [5.74, 6) is 2.28. The zero-order valence-electron chi connectivity index (χ0n) is 14.8. The van der Waals surface area contributed by atoms with Gasteiger partial charge >= 0.3 is 0 Å². The molecule has 130 valence electrons. The molecule has 0 saturated carbocycles. The first kappa shape index (κ1) is 18.3. The average Bonchev–Trinajstić information content (AvgIpc) is 3.03. The molecule has 1 aromatic rings. The van der Waals surface area contributed by atoms with Crippen LogP contribution in [0.4, 0.5) is 0 Å². The molecule has 0 aliphatic carbocycles. The monoisotopic (exact) mass is 336 g/mol. The maximum Gasteiger partial charge on any atom is 0.191 e. The summed E-state index contributed by atoms with van der Waals surface area (Å²) < 4.78 is 0. The lowest BCUT2D eigenvalue weighted by atomic mass is 9.98. The Morgan fingerprint density at radius 1 is 1.43 bits per heavy atom. The predicted octanol–water partition coefficient (Wildman–Crippen LogP) is 3.17. The van der Waals surface area contributed by atoms with Crippen LogP contribution in [0.5, 0.6) is 0 Å². The number of guanidine groups is 1. The standard InChI is InChI=1S/C18H32N4S/c1-4-19-18(20-11-15(2)3)21-12-16-7-5-9-22(13-16)14-17-8-6-10-23-17/h6,8,10,15-16H,4-5,7,9,11-14H2,1-3H3,(H2,19,20,21). The molecule has 4 nitrogen and oxygen atoms in total. The van der Waals surface area contributed by atoms with Gasteiger partial charge in [0.25, 0.3) is 0 Å². The highest BCUT2D eigenvalue weighted by atomic mass is 32.1. The van der Waals surface area contributed by atoms with Gasteiger partial charge < -0.3 is 10.6 Å². The van der Waals surface area contributed by atoms with Crippen LogP contribution in [-0.2, 0) is 6.54 Å². The number of nitrogens with one attached hydrogen (secondary N) is 2. The van der Waals surface area contributed by atoms with Gasteiger partial charge in [-0.15, -0.1) is 11.3 Å². The van der Waals surface area contributed by atoms with Gasteiger partial charge in [-0.25, -0.2) is 0 Å². The minimum Gasteiger partial charge on any atom is -0.357 e. The summed E-state index contributed by atoms with van der Waals surface area (Å²) in [6, 6.07) is 4.39. The van der Waals surface area contributed by atoms with Crippen molar-refractivity contribution in [2.24, 2.45) is 16.8 Å². The minimum atomic E-state index is 0.599. The van der Waals surface area contributed by atoms with Gasteiger partial charge in [-0.1, -0.05) is 19.9 Å². The molecule has 1 aromatic heterocycles. The van der Waals surface area contributed by atoms with E-state index in [1.165, 1.54) is 30.8 Å². The maximum atomic E-state index is 4.66. The summed E-state index contributed by atoms with van der Waals surface area (Å²) in [5.41, 5.74) is 0. The summed E-state index contributed by atoms with van der Waals surface area (Å²) in [5, 5.41) is 9.06. The SMILES string of the molecule is CCNC(=NCC(C)C)NCC1CCCN(Cc2cccs2)C1. The summed E-state index contributed by atoms with van der Waals surface area (Å²) >= 11 is 1.87. The van der Waals surface area contributed by atoms with Crippen LogP contribution in [0.3, 0.4) is 0 Å². The van der Waals surface area contributed by atoms with Crippen LogP contribution >= 0.6 is 11.3 Å². The van der Waals surface area contributed by atoms with E-state index in [1.54, 1.807) is 0 Å². The van der Waals surface area contributed by atoms with E-state index in [9.17, 15) is 0 Å². The van der Waals surface area contributed by atoms with E-state index < -0.39 is 0 Å². The summed E-state index contributed by atoms with van der Waals surface area (Å²) in [6.07, 6.45) is 2.62. The van der Waals surface area contributed by atoms with Crippen molar-refractivity contribution in [3.63, 3.8) is 0 Å². The molecule has 2 rings (SSSR count). The van der Waals surface area contributed by atoms with Crippen molar-refractivity contribution in [1.29, 1.82) is 0 Å². The first-order valence-electron chi connectivity index (χ1n) is 8.94. The number of hydrogen-bond donors (Lipinski definition) is 2. The lowest BCUT2D eigenvalue weighted by molar-refractivity contribution is 0.169. The number of aliphatic imine (C=N–C) groups is 1. The van der Waals surface area contributed by atoms with E-state index in [0.717, 1.165) is 32.1 Å². The largest absolute Gasteiger partial charge is 0.357 e. The summed E-state index contributed by atoms with van der Waals surface area (Å²) in [6.45, 7) is 12.9. The molecule has 0 bridgehead atoms. The lowest BCUT2D eigenvalue weighted by Crippen LogP contribution is -2.44. The Labute approximate surface area is 145 Å². The zero-order chi connectivity index (χ0) is 16.5. The highest BCUT2D eigenvalue weighted by Gasteiger charge is 2.20. The predicted molar refractivity (Wildman–Crippen MR) is 101 cm³/mol.